The highest BCUT2D eigenvalue weighted by Crippen LogP contribution is 2.36. The molecule has 1 aromatic carbocycles. The number of anilines is 1. The van der Waals surface area contributed by atoms with Crippen LogP contribution in [0.4, 0.5) is 10.1 Å². The molecule has 1 aromatic rings. The average Bonchev–Trinajstić information content (AvgIpc) is 2.27. The summed E-state index contributed by atoms with van der Waals surface area (Å²) in [6.07, 6.45) is 0. The molecule has 2 N–H and O–H groups in total. The van der Waals surface area contributed by atoms with Gasteiger partial charge < -0.3 is 10.6 Å². The Morgan fingerprint density at radius 3 is 2.71 bits per heavy atom. The molecule has 2 unspecified atom stereocenters. The largest absolute Gasteiger partial charge is 0.369 e. The highest BCUT2D eigenvalue weighted by molar-refractivity contribution is 7.92. The summed E-state index contributed by atoms with van der Waals surface area (Å²) in [6.45, 7) is 1.84. The predicted molar refractivity (Wildman–Crippen MR) is 64.3 cm³/mol. The summed E-state index contributed by atoms with van der Waals surface area (Å²) in [6, 6.07) is 3.60. The molecule has 1 heterocycles. The van der Waals surface area contributed by atoms with Gasteiger partial charge in [-0.2, -0.15) is 0 Å². The maximum absolute atomic E-state index is 13.2. The molecule has 0 radical (unpaired) electrons. The first kappa shape index (κ1) is 12.3. The zero-order chi connectivity index (χ0) is 12.8. The van der Waals surface area contributed by atoms with Crippen molar-refractivity contribution in [3.05, 3.63) is 24.0 Å². The normalized spacial score (nSPS) is 26.7. The minimum Gasteiger partial charge on any atom is -0.369 e. The fraction of sp³-hybridized carbons (Fsp3) is 0.455. The second-order valence-electron chi connectivity index (χ2n) is 4.28. The first-order valence-corrected chi connectivity index (χ1v) is 6.90. The quantitative estimate of drug-likeness (QED) is 0.808. The van der Waals surface area contributed by atoms with Gasteiger partial charge in [-0.25, -0.2) is 12.8 Å². The van der Waals surface area contributed by atoms with Gasteiger partial charge in [-0.05, 0) is 25.1 Å². The molecule has 2 rings (SSSR count). The van der Waals surface area contributed by atoms with Crippen LogP contribution < -0.4 is 10.6 Å². The van der Waals surface area contributed by atoms with E-state index >= 15 is 0 Å². The average molecular weight is 258 g/mol. The van der Waals surface area contributed by atoms with Crippen molar-refractivity contribution in [3.8, 4) is 0 Å². The highest BCUT2D eigenvalue weighted by Gasteiger charge is 2.40. The molecule has 1 aliphatic heterocycles. The Balaban J connectivity index is 2.71. The summed E-state index contributed by atoms with van der Waals surface area (Å²) in [5.74, 6) is -0.550. The van der Waals surface area contributed by atoms with Gasteiger partial charge in [-0.3, -0.25) is 0 Å². The Morgan fingerprint density at radius 2 is 2.12 bits per heavy atom. The molecular formula is C11H15FN2O2S. The number of benzene rings is 1. The molecule has 4 nitrogen and oxygen atoms in total. The van der Waals surface area contributed by atoms with Crippen molar-refractivity contribution in [2.45, 2.75) is 23.1 Å². The number of nitrogens with zero attached hydrogens (tertiary/aromatic N) is 1. The van der Waals surface area contributed by atoms with E-state index in [-0.39, 0.29) is 17.5 Å². The molecule has 0 amide bonds. The van der Waals surface area contributed by atoms with Gasteiger partial charge in [0, 0.05) is 19.6 Å². The minimum atomic E-state index is -3.54. The van der Waals surface area contributed by atoms with Crippen molar-refractivity contribution in [3.63, 3.8) is 0 Å². The first-order valence-electron chi connectivity index (χ1n) is 5.36. The zero-order valence-electron chi connectivity index (χ0n) is 9.72. The van der Waals surface area contributed by atoms with E-state index in [1.165, 1.54) is 12.1 Å². The third-order valence-electron chi connectivity index (χ3n) is 3.39. The maximum atomic E-state index is 13.2. The van der Waals surface area contributed by atoms with Gasteiger partial charge in [0.25, 0.3) is 0 Å². The van der Waals surface area contributed by atoms with E-state index in [9.17, 15) is 12.8 Å². The molecule has 0 bridgehead atoms. The van der Waals surface area contributed by atoms with Gasteiger partial charge >= 0.3 is 0 Å². The van der Waals surface area contributed by atoms with Crippen LogP contribution in [-0.2, 0) is 9.84 Å². The Kier molecular flexibility index (Phi) is 2.87. The summed E-state index contributed by atoms with van der Waals surface area (Å²) in [5.41, 5.74) is 6.06. The van der Waals surface area contributed by atoms with E-state index < -0.39 is 20.9 Å². The highest BCUT2D eigenvalue weighted by atomic mass is 32.2. The van der Waals surface area contributed by atoms with E-state index in [0.717, 1.165) is 6.07 Å². The van der Waals surface area contributed by atoms with Gasteiger partial charge in [-0.15, -0.1) is 0 Å². The Bertz CT molecular complexity index is 544. The van der Waals surface area contributed by atoms with Gasteiger partial charge in [0.05, 0.1) is 15.8 Å². The van der Waals surface area contributed by atoms with Gasteiger partial charge in [0.15, 0.2) is 9.84 Å². The topological polar surface area (TPSA) is 63.4 Å². The van der Waals surface area contributed by atoms with E-state index in [4.69, 9.17) is 5.73 Å². The Hall–Kier alpha value is -1.14. The van der Waals surface area contributed by atoms with Crippen molar-refractivity contribution < 1.29 is 12.8 Å². The smallest absolute Gasteiger partial charge is 0.186 e. The van der Waals surface area contributed by atoms with Gasteiger partial charge in [0.1, 0.15) is 5.82 Å². The van der Waals surface area contributed by atoms with Crippen LogP contribution in [0, 0.1) is 5.82 Å². The summed E-state index contributed by atoms with van der Waals surface area (Å²) in [7, 11) is -1.75. The lowest BCUT2D eigenvalue weighted by molar-refractivity contribution is 0.535. The maximum Gasteiger partial charge on any atom is 0.186 e. The lowest BCUT2D eigenvalue weighted by atomic mass is 10.1. The number of hydrogen-bond donors (Lipinski definition) is 1. The lowest BCUT2D eigenvalue weighted by Crippen LogP contribution is -2.51. The van der Waals surface area contributed by atoms with Crippen LogP contribution in [0.1, 0.15) is 6.92 Å². The van der Waals surface area contributed by atoms with Crippen LogP contribution in [0.15, 0.2) is 23.1 Å². The summed E-state index contributed by atoms with van der Waals surface area (Å²) < 4.78 is 37.7. The van der Waals surface area contributed by atoms with Crippen LogP contribution in [0.5, 0.6) is 0 Å². The SMILES string of the molecule is CC1C(CN)S(=O)(=O)c2cc(F)ccc2N1C. The first-order chi connectivity index (χ1) is 7.89. The zero-order valence-corrected chi connectivity index (χ0v) is 10.5. The fourth-order valence-corrected chi connectivity index (χ4v) is 4.28. The number of sulfone groups is 1. The standard InChI is InChI=1S/C11H15FN2O2S/c1-7-11(6-13)17(15,16)10-5-8(12)3-4-9(10)14(7)2/h3-5,7,11H,6,13H2,1-2H3. The number of rotatable bonds is 1. The van der Waals surface area contributed by atoms with Crippen molar-refractivity contribution in [1.29, 1.82) is 0 Å². The van der Waals surface area contributed by atoms with E-state index in [1.807, 2.05) is 4.90 Å². The summed E-state index contributed by atoms with van der Waals surface area (Å²) in [4.78, 5) is 1.86. The molecule has 0 saturated carbocycles. The molecule has 0 spiro atoms. The number of nitrogens with two attached hydrogens (primary N) is 1. The molecule has 0 fully saturated rings. The summed E-state index contributed by atoms with van der Waals surface area (Å²) >= 11 is 0. The molecule has 17 heavy (non-hydrogen) atoms. The van der Waals surface area contributed by atoms with Crippen LogP contribution >= 0.6 is 0 Å². The summed E-state index contributed by atoms with van der Waals surface area (Å²) in [5, 5.41) is -0.693. The molecule has 1 aliphatic rings. The Morgan fingerprint density at radius 1 is 1.47 bits per heavy atom. The van der Waals surface area contributed by atoms with E-state index in [0.29, 0.717) is 5.69 Å². The van der Waals surface area contributed by atoms with Crippen molar-refractivity contribution in [2.75, 3.05) is 18.5 Å². The van der Waals surface area contributed by atoms with E-state index in [2.05, 4.69) is 0 Å². The minimum absolute atomic E-state index is 0.0315. The van der Waals surface area contributed by atoms with Gasteiger partial charge in [0.2, 0.25) is 0 Å². The van der Waals surface area contributed by atoms with Crippen LogP contribution in [0.3, 0.4) is 0 Å². The van der Waals surface area contributed by atoms with Crippen LogP contribution in [-0.4, -0.2) is 33.3 Å². The monoisotopic (exact) mass is 258 g/mol. The lowest BCUT2D eigenvalue weighted by Gasteiger charge is -2.38. The molecule has 0 aromatic heterocycles. The van der Waals surface area contributed by atoms with Crippen molar-refractivity contribution in [2.24, 2.45) is 5.73 Å². The number of fused-ring (bicyclic) bond motifs is 1. The molecule has 0 saturated heterocycles. The van der Waals surface area contributed by atoms with Crippen molar-refractivity contribution in [1.82, 2.24) is 0 Å². The Labute approximate surface area is 100 Å². The third-order valence-corrected chi connectivity index (χ3v) is 5.71. The number of halogens is 1. The molecule has 0 aliphatic carbocycles. The molecule has 6 heteroatoms. The predicted octanol–water partition coefficient (Wildman–Crippen LogP) is 0.765. The van der Waals surface area contributed by atoms with E-state index in [1.54, 1.807) is 14.0 Å². The number of hydrogen-bond acceptors (Lipinski definition) is 4. The molecule has 94 valence electrons. The van der Waals surface area contributed by atoms with Gasteiger partial charge in [-0.1, -0.05) is 0 Å². The van der Waals surface area contributed by atoms with Crippen LogP contribution in [0.2, 0.25) is 0 Å². The molecular weight excluding hydrogens is 243 g/mol. The van der Waals surface area contributed by atoms with Crippen molar-refractivity contribution >= 4 is 15.5 Å². The second-order valence-corrected chi connectivity index (χ2v) is 6.42. The van der Waals surface area contributed by atoms with Crippen LogP contribution in [0.25, 0.3) is 0 Å². The molecule has 2 atom stereocenters. The fourth-order valence-electron chi connectivity index (χ4n) is 2.22. The third kappa shape index (κ3) is 1.71. The second kappa shape index (κ2) is 3.96.